The quantitative estimate of drug-likeness (QED) is 0.700. The molecule has 19 heavy (non-hydrogen) atoms. The smallest absolute Gasteiger partial charge is 0.241 e. The normalized spacial score (nSPS) is 22.2. The number of amides is 1. The van der Waals surface area contributed by atoms with Gasteiger partial charge in [0.15, 0.2) is 0 Å². The highest BCUT2D eigenvalue weighted by Gasteiger charge is 2.29. The molecule has 6 nitrogen and oxygen atoms in total. The number of phenols is 1. The third-order valence-corrected chi connectivity index (χ3v) is 3.20. The van der Waals surface area contributed by atoms with Crippen molar-refractivity contribution >= 4 is 11.6 Å². The highest BCUT2D eigenvalue weighted by Crippen LogP contribution is 2.28. The molecule has 0 aromatic heterocycles. The molecule has 0 bridgehead atoms. The molecule has 1 aromatic rings. The standard InChI is InChI=1S/C13H18N2O4/c1-18-8-3-4-10(12(16)6-8)15-13(17)11-5-9(19-2)7-14-11/h3-4,6,9,11,14,16H,5,7H2,1-2H3,(H,15,17). The number of benzene rings is 1. The fourth-order valence-corrected chi connectivity index (χ4v) is 2.05. The van der Waals surface area contributed by atoms with E-state index >= 15 is 0 Å². The first-order valence-corrected chi connectivity index (χ1v) is 6.08. The lowest BCUT2D eigenvalue weighted by Crippen LogP contribution is -2.35. The molecule has 0 radical (unpaired) electrons. The fourth-order valence-electron chi connectivity index (χ4n) is 2.05. The third-order valence-electron chi connectivity index (χ3n) is 3.20. The van der Waals surface area contributed by atoms with Crippen LogP contribution in [0.25, 0.3) is 0 Å². The molecule has 0 spiro atoms. The molecular formula is C13H18N2O4. The van der Waals surface area contributed by atoms with Crippen molar-refractivity contribution < 1.29 is 19.4 Å². The summed E-state index contributed by atoms with van der Waals surface area (Å²) in [6.45, 7) is 0.656. The number of methoxy groups -OCH3 is 2. The predicted octanol–water partition coefficient (Wildman–Crippen LogP) is 0.716. The second kappa shape index (κ2) is 5.90. The van der Waals surface area contributed by atoms with Crippen LogP contribution >= 0.6 is 0 Å². The molecule has 6 heteroatoms. The zero-order valence-corrected chi connectivity index (χ0v) is 11.0. The van der Waals surface area contributed by atoms with Crippen LogP contribution in [-0.2, 0) is 9.53 Å². The van der Waals surface area contributed by atoms with Gasteiger partial charge < -0.3 is 25.2 Å². The van der Waals surface area contributed by atoms with Gasteiger partial charge in [0, 0.05) is 19.7 Å². The molecule has 1 heterocycles. The molecule has 1 fully saturated rings. The maximum absolute atomic E-state index is 12.0. The number of rotatable bonds is 4. The van der Waals surface area contributed by atoms with Gasteiger partial charge in [-0.3, -0.25) is 4.79 Å². The van der Waals surface area contributed by atoms with Crippen LogP contribution in [0.3, 0.4) is 0 Å². The van der Waals surface area contributed by atoms with Crippen LogP contribution < -0.4 is 15.4 Å². The molecule has 0 saturated carbocycles. The molecule has 1 aliphatic rings. The first-order valence-electron chi connectivity index (χ1n) is 6.08. The molecule has 2 unspecified atom stereocenters. The molecule has 1 saturated heterocycles. The van der Waals surface area contributed by atoms with Gasteiger partial charge in [-0.25, -0.2) is 0 Å². The van der Waals surface area contributed by atoms with Crippen molar-refractivity contribution in [3.8, 4) is 11.5 Å². The molecule has 3 N–H and O–H groups in total. The number of ether oxygens (including phenoxy) is 2. The van der Waals surface area contributed by atoms with Gasteiger partial charge in [-0.2, -0.15) is 0 Å². The molecule has 2 rings (SSSR count). The van der Waals surface area contributed by atoms with E-state index < -0.39 is 0 Å². The van der Waals surface area contributed by atoms with Crippen molar-refractivity contribution in [2.24, 2.45) is 0 Å². The maximum atomic E-state index is 12.0. The molecule has 1 aromatic carbocycles. The summed E-state index contributed by atoms with van der Waals surface area (Å²) in [6, 6.07) is 4.44. The SMILES string of the molecule is COc1ccc(NC(=O)C2CC(OC)CN2)c(O)c1. The number of hydrogen-bond donors (Lipinski definition) is 3. The van der Waals surface area contributed by atoms with Crippen LogP contribution in [0.4, 0.5) is 5.69 Å². The number of hydrogen-bond acceptors (Lipinski definition) is 5. The summed E-state index contributed by atoms with van der Waals surface area (Å²) < 4.78 is 10.2. The fraction of sp³-hybridized carbons (Fsp3) is 0.462. The topological polar surface area (TPSA) is 79.8 Å². The van der Waals surface area contributed by atoms with Gasteiger partial charge in [0.2, 0.25) is 5.91 Å². The van der Waals surface area contributed by atoms with E-state index in [1.54, 1.807) is 19.2 Å². The second-order valence-corrected chi connectivity index (χ2v) is 4.43. The van der Waals surface area contributed by atoms with Crippen LogP contribution in [-0.4, -0.2) is 43.9 Å². The molecule has 2 atom stereocenters. The molecule has 104 valence electrons. The third kappa shape index (κ3) is 3.15. The van der Waals surface area contributed by atoms with Crippen molar-refractivity contribution in [2.75, 3.05) is 26.1 Å². The Morgan fingerprint density at radius 2 is 2.26 bits per heavy atom. The van der Waals surface area contributed by atoms with Crippen LogP contribution in [0, 0.1) is 0 Å². The van der Waals surface area contributed by atoms with Crippen LogP contribution in [0.5, 0.6) is 11.5 Å². The number of anilines is 1. The zero-order valence-electron chi connectivity index (χ0n) is 11.0. The van der Waals surface area contributed by atoms with E-state index in [9.17, 15) is 9.90 Å². The van der Waals surface area contributed by atoms with E-state index in [2.05, 4.69) is 10.6 Å². The number of nitrogens with one attached hydrogen (secondary N) is 2. The lowest BCUT2D eigenvalue weighted by atomic mass is 10.2. The lowest BCUT2D eigenvalue weighted by Gasteiger charge is -2.13. The van der Waals surface area contributed by atoms with Crippen molar-refractivity contribution in [3.05, 3.63) is 18.2 Å². The molecule has 1 amide bonds. The summed E-state index contributed by atoms with van der Waals surface area (Å²) in [5, 5.41) is 15.5. The van der Waals surface area contributed by atoms with Gasteiger partial charge in [-0.05, 0) is 18.6 Å². The van der Waals surface area contributed by atoms with Gasteiger partial charge in [0.1, 0.15) is 11.5 Å². The van der Waals surface area contributed by atoms with Gasteiger partial charge in [0.05, 0.1) is 24.9 Å². The highest BCUT2D eigenvalue weighted by molar-refractivity contribution is 5.96. The molecule has 1 aliphatic heterocycles. The predicted molar refractivity (Wildman–Crippen MR) is 70.5 cm³/mol. The van der Waals surface area contributed by atoms with Gasteiger partial charge in [-0.1, -0.05) is 0 Å². The summed E-state index contributed by atoms with van der Waals surface area (Å²) in [6.07, 6.45) is 0.680. The second-order valence-electron chi connectivity index (χ2n) is 4.43. The Balaban J connectivity index is 1.99. The zero-order chi connectivity index (χ0) is 13.8. The summed E-state index contributed by atoms with van der Waals surface area (Å²) in [5.74, 6) is 0.336. The summed E-state index contributed by atoms with van der Waals surface area (Å²) in [7, 11) is 3.14. The Hall–Kier alpha value is -1.79. The molecular weight excluding hydrogens is 248 g/mol. The molecule has 0 aliphatic carbocycles. The number of phenolic OH excluding ortho intramolecular Hbond substituents is 1. The van der Waals surface area contributed by atoms with E-state index in [1.165, 1.54) is 13.2 Å². The van der Waals surface area contributed by atoms with E-state index in [0.717, 1.165) is 0 Å². The number of aromatic hydroxyl groups is 1. The Labute approximate surface area is 111 Å². The van der Waals surface area contributed by atoms with Crippen LogP contribution in [0.15, 0.2) is 18.2 Å². The van der Waals surface area contributed by atoms with Crippen LogP contribution in [0.1, 0.15) is 6.42 Å². The van der Waals surface area contributed by atoms with Crippen molar-refractivity contribution in [2.45, 2.75) is 18.6 Å². The van der Waals surface area contributed by atoms with Crippen molar-refractivity contribution in [1.82, 2.24) is 5.32 Å². The lowest BCUT2D eigenvalue weighted by molar-refractivity contribution is -0.118. The van der Waals surface area contributed by atoms with Crippen molar-refractivity contribution in [1.29, 1.82) is 0 Å². The van der Waals surface area contributed by atoms with Crippen molar-refractivity contribution in [3.63, 3.8) is 0 Å². The Morgan fingerprint density at radius 3 is 2.84 bits per heavy atom. The minimum absolute atomic E-state index is 0.0195. The van der Waals surface area contributed by atoms with E-state index in [4.69, 9.17) is 9.47 Å². The Bertz CT molecular complexity index is 464. The number of carbonyl (C=O) groups excluding carboxylic acids is 1. The minimum Gasteiger partial charge on any atom is -0.506 e. The van der Waals surface area contributed by atoms with Gasteiger partial charge >= 0.3 is 0 Å². The highest BCUT2D eigenvalue weighted by atomic mass is 16.5. The maximum Gasteiger partial charge on any atom is 0.241 e. The minimum atomic E-state index is -0.300. The Kier molecular flexibility index (Phi) is 4.24. The van der Waals surface area contributed by atoms with E-state index in [-0.39, 0.29) is 23.8 Å². The number of carbonyl (C=O) groups is 1. The van der Waals surface area contributed by atoms with Gasteiger partial charge in [-0.15, -0.1) is 0 Å². The first kappa shape index (κ1) is 13.6. The average Bonchev–Trinajstić information content (AvgIpc) is 2.90. The monoisotopic (exact) mass is 266 g/mol. The van der Waals surface area contributed by atoms with Crippen LogP contribution in [0.2, 0.25) is 0 Å². The summed E-state index contributed by atoms with van der Waals surface area (Å²) in [5.41, 5.74) is 0.369. The first-order chi connectivity index (χ1) is 9.13. The average molecular weight is 266 g/mol. The van der Waals surface area contributed by atoms with Gasteiger partial charge in [0.25, 0.3) is 0 Å². The Morgan fingerprint density at radius 1 is 1.47 bits per heavy atom. The largest absolute Gasteiger partial charge is 0.506 e. The summed E-state index contributed by atoms with van der Waals surface area (Å²) in [4.78, 5) is 12.0. The van der Waals surface area contributed by atoms with E-state index in [1.807, 2.05) is 0 Å². The van der Waals surface area contributed by atoms with E-state index in [0.29, 0.717) is 24.4 Å². The summed E-state index contributed by atoms with van der Waals surface area (Å²) >= 11 is 0.